The molecule has 2 heterocycles. The molecule has 0 aliphatic carbocycles. The monoisotopic (exact) mass is 374 g/mol. The molecule has 1 N–H and O–H groups in total. The molecule has 5 nitrogen and oxygen atoms in total. The van der Waals surface area contributed by atoms with Gasteiger partial charge in [-0.3, -0.25) is 4.98 Å². The number of anilines is 1. The molecule has 0 bridgehead atoms. The topological polar surface area (TPSA) is 60.5 Å². The molecule has 0 saturated carbocycles. The van der Waals surface area contributed by atoms with Gasteiger partial charge in [-0.1, -0.05) is 42.5 Å². The molecule has 1 aromatic heterocycles. The molecule has 1 atom stereocenters. The molecular formula is C23H22N2O3. The van der Waals surface area contributed by atoms with E-state index in [1.807, 2.05) is 18.2 Å². The highest BCUT2D eigenvalue weighted by atomic mass is 16.5. The van der Waals surface area contributed by atoms with Gasteiger partial charge in [0.15, 0.2) is 0 Å². The van der Waals surface area contributed by atoms with Crippen molar-refractivity contribution in [2.45, 2.75) is 12.3 Å². The fourth-order valence-corrected chi connectivity index (χ4v) is 3.54. The molecule has 0 saturated heterocycles. The average molecular weight is 374 g/mol. The lowest BCUT2D eigenvalue weighted by molar-refractivity contribution is 0.0601. The summed E-state index contributed by atoms with van der Waals surface area (Å²) in [5, 5.41) is 3.37. The predicted octanol–water partition coefficient (Wildman–Crippen LogP) is 4.51. The fraction of sp³-hybridized carbons (Fsp3) is 0.217. The molecule has 0 radical (unpaired) electrons. The third kappa shape index (κ3) is 3.69. The predicted molar refractivity (Wildman–Crippen MR) is 109 cm³/mol. The van der Waals surface area contributed by atoms with Gasteiger partial charge in [-0.2, -0.15) is 0 Å². The van der Waals surface area contributed by atoms with Crippen LogP contribution in [0.2, 0.25) is 0 Å². The van der Waals surface area contributed by atoms with Gasteiger partial charge < -0.3 is 14.8 Å². The number of hydrogen-bond donors (Lipinski definition) is 1. The smallest absolute Gasteiger partial charge is 0.340 e. The Morgan fingerprint density at radius 2 is 2.04 bits per heavy atom. The molecule has 0 unspecified atom stereocenters. The van der Waals surface area contributed by atoms with E-state index < -0.39 is 0 Å². The van der Waals surface area contributed by atoms with E-state index in [0.29, 0.717) is 30.3 Å². The van der Waals surface area contributed by atoms with E-state index in [1.54, 1.807) is 18.5 Å². The van der Waals surface area contributed by atoms with Crippen molar-refractivity contribution >= 4 is 11.7 Å². The summed E-state index contributed by atoms with van der Waals surface area (Å²) in [4.78, 5) is 16.1. The normalized spacial score (nSPS) is 15.2. The molecule has 4 rings (SSSR count). The lowest BCUT2D eigenvalue weighted by Gasteiger charge is -2.27. The summed E-state index contributed by atoms with van der Waals surface area (Å²) in [5.41, 5.74) is 4.68. The Balaban J connectivity index is 1.54. The number of aromatic nitrogens is 1. The number of hydrogen-bond acceptors (Lipinski definition) is 5. The van der Waals surface area contributed by atoms with Crippen LogP contribution in [0.5, 0.6) is 5.75 Å². The number of ether oxygens (including phenoxy) is 2. The van der Waals surface area contributed by atoms with Gasteiger partial charge in [0.1, 0.15) is 5.75 Å². The lowest BCUT2D eigenvalue weighted by Crippen LogP contribution is -2.21. The van der Waals surface area contributed by atoms with Gasteiger partial charge in [0.05, 0.1) is 31.2 Å². The number of methoxy groups -OCH3 is 1. The highest BCUT2D eigenvalue weighted by Gasteiger charge is 2.22. The minimum absolute atomic E-state index is 0.291. The highest BCUT2D eigenvalue weighted by Crippen LogP contribution is 2.37. The molecule has 28 heavy (non-hydrogen) atoms. The number of fused-ring (bicyclic) bond motifs is 1. The second-order valence-electron chi connectivity index (χ2n) is 6.75. The van der Waals surface area contributed by atoms with Crippen LogP contribution in [0.25, 0.3) is 11.1 Å². The Morgan fingerprint density at radius 3 is 2.86 bits per heavy atom. The second kappa shape index (κ2) is 8.13. The standard InChI is InChI=1S/C23H22N2O3/c1-27-23(26)20-9-11-24-15-21(20)25-14-18-10-12-28-22-13-17(7-8-19(18)22)16-5-3-2-4-6-16/h2-9,11,13,15,18,25H,10,12,14H2,1H3/t18-/m0/s1. The minimum Gasteiger partial charge on any atom is -0.493 e. The first-order chi connectivity index (χ1) is 13.8. The summed E-state index contributed by atoms with van der Waals surface area (Å²) >= 11 is 0. The zero-order chi connectivity index (χ0) is 19.3. The van der Waals surface area contributed by atoms with E-state index in [4.69, 9.17) is 9.47 Å². The van der Waals surface area contributed by atoms with Crippen LogP contribution in [0.15, 0.2) is 67.0 Å². The Kier molecular flexibility index (Phi) is 5.24. The van der Waals surface area contributed by atoms with E-state index >= 15 is 0 Å². The van der Waals surface area contributed by atoms with Gasteiger partial charge in [0, 0.05) is 18.7 Å². The van der Waals surface area contributed by atoms with E-state index in [0.717, 1.165) is 17.7 Å². The number of carbonyl (C=O) groups is 1. The molecule has 0 amide bonds. The molecular weight excluding hydrogens is 352 g/mol. The summed E-state index contributed by atoms with van der Waals surface area (Å²) in [7, 11) is 1.38. The summed E-state index contributed by atoms with van der Waals surface area (Å²) < 4.78 is 10.8. The van der Waals surface area contributed by atoms with Crippen LogP contribution in [0.1, 0.15) is 28.3 Å². The molecule has 3 aromatic rings. The maximum Gasteiger partial charge on any atom is 0.340 e. The van der Waals surface area contributed by atoms with Gasteiger partial charge in [0.25, 0.3) is 0 Å². The van der Waals surface area contributed by atoms with Gasteiger partial charge in [-0.15, -0.1) is 0 Å². The third-order valence-electron chi connectivity index (χ3n) is 5.05. The Bertz CT molecular complexity index is 973. The molecule has 1 aliphatic rings. The third-order valence-corrected chi connectivity index (χ3v) is 5.05. The number of esters is 1. The molecule has 2 aromatic carbocycles. The summed E-state index contributed by atoms with van der Waals surface area (Å²) in [6, 6.07) is 18.3. The number of carbonyl (C=O) groups excluding carboxylic acids is 1. The van der Waals surface area contributed by atoms with Crippen LogP contribution in [-0.2, 0) is 4.74 Å². The van der Waals surface area contributed by atoms with Crippen LogP contribution >= 0.6 is 0 Å². The van der Waals surface area contributed by atoms with Crippen molar-refractivity contribution < 1.29 is 14.3 Å². The SMILES string of the molecule is COC(=O)c1ccncc1NC[C@@H]1CCOc2cc(-c3ccccc3)ccc21. The van der Waals surface area contributed by atoms with Crippen molar-refractivity contribution in [3.05, 3.63) is 78.1 Å². The van der Waals surface area contributed by atoms with Crippen LogP contribution in [0, 0.1) is 0 Å². The quantitative estimate of drug-likeness (QED) is 0.666. The van der Waals surface area contributed by atoms with Crippen molar-refractivity contribution in [1.29, 1.82) is 0 Å². The van der Waals surface area contributed by atoms with Crippen molar-refractivity contribution in [3.63, 3.8) is 0 Å². The minimum atomic E-state index is -0.371. The van der Waals surface area contributed by atoms with Crippen molar-refractivity contribution in [2.75, 3.05) is 25.6 Å². The van der Waals surface area contributed by atoms with Crippen LogP contribution in [0.3, 0.4) is 0 Å². The molecule has 0 fully saturated rings. The number of benzene rings is 2. The zero-order valence-corrected chi connectivity index (χ0v) is 15.7. The van der Waals surface area contributed by atoms with E-state index in [1.165, 1.54) is 18.2 Å². The maximum atomic E-state index is 11.9. The van der Waals surface area contributed by atoms with E-state index in [-0.39, 0.29) is 5.97 Å². The van der Waals surface area contributed by atoms with Gasteiger partial charge in [-0.25, -0.2) is 4.79 Å². The fourth-order valence-electron chi connectivity index (χ4n) is 3.54. The van der Waals surface area contributed by atoms with Crippen LogP contribution in [-0.4, -0.2) is 31.2 Å². The maximum absolute atomic E-state index is 11.9. The molecule has 1 aliphatic heterocycles. The number of pyridine rings is 1. The highest BCUT2D eigenvalue weighted by molar-refractivity contribution is 5.95. The van der Waals surface area contributed by atoms with Crippen molar-refractivity contribution in [2.24, 2.45) is 0 Å². The van der Waals surface area contributed by atoms with Crippen LogP contribution < -0.4 is 10.1 Å². The number of nitrogens with zero attached hydrogens (tertiary/aromatic N) is 1. The zero-order valence-electron chi connectivity index (χ0n) is 15.7. The summed E-state index contributed by atoms with van der Waals surface area (Å²) in [6.07, 6.45) is 4.16. The lowest BCUT2D eigenvalue weighted by atomic mass is 9.91. The summed E-state index contributed by atoms with van der Waals surface area (Å²) in [6.45, 7) is 1.37. The second-order valence-corrected chi connectivity index (χ2v) is 6.75. The van der Waals surface area contributed by atoms with Gasteiger partial charge >= 0.3 is 5.97 Å². The van der Waals surface area contributed by atoms with Crippen LogP contribution in [0.4, 0.5) is 5.69 Å². The largest absolute Gasteiger partial charge is 0.493 e. The number of nitrogens with one attached hydrogen (secondary N) is 1. The molecule has 142 valence electrons. The van der Waals surface area contributed by atoms with Gasteiger partial charge in [-0.05, 0) is 35.2 Å². The molecule has 0 spiro atoms. The van der Waals surface area contributed by atoms with Crippen molar-refractivity contribution in [3.8, 4) is 16.9 Å². The average Bonchev–Trinajstić information content (AvgIpc) is 2.77. The number of rotatable bonds is 5. The molecule has 5 heteroatoms. The Morgan fingerprint density at radius 1 is 1.18 bits per heavy atom. The first-order valence-electron chi connectivity index (χ1n) is 9.34. The van der Waals surface area contributed by atoms with E-state index in [9.17, 15) is 4.79 Å². The summed E-state index contributed by atoms with van der Waals surface area (Å²) in [5.74, 6) is 0.850. The van der Waals surface area contributed by atoms with Gasteiger partial charge in [0.2, 0.25) is 0 Å². The Labute approximate surface area is 164 Å². The first kappa shape index (κ1) is 18.0. The Hall–Kier alpha value is -3.34. The first-order valence-corrected chi connectivity index (χ1v) is 9.34. The van der Waals surface area contributed by atoms with Crippen molar-refractivity contribution in [1.82, 2.24) is 4.98 Å². The van der Waals surface area contributed by atoms with E-state index in [2.05, 4.69) is 40.6 Å².